The molecule has 2 atom stereocenters. The van der Waals surface area contributed by atoms with E-state index in [0.29, 0.717) is 5.75 Å². The van der Waals surface area contributed by atoms with Crippen LogP contribution < -0.4 is 0 Å². The van der Waals surface area contributed by atoms with Crippen LogP contribution in [0.1, 0.15) is 0 Å². The van der Waals surface area contributed by atoms with Gasteiger partial charge in [-0.25, -0.2) is 4.21 Å². The Kier molecular flexibility index (Phi) is 2.01. The standard InChI is InChI=1S/C4H4O2S3/c1-2-4-3-8-9(5,7)6-4/h1,4H,3H2. The zero-order valence-electron chi connectivity index (χ0n) is 4.40. The van der Waals surface area contributed by atoms with Gasteiger partial charge in [0.2, 0.25) is 0 Å². The molecule has 2 nitrogen and oxygen atoms in total. The summed E-state index contributed by atoms with van der Waals surface area (Å²) in [5.41, 5.74) is 0. The molecule has 1 fully saturated rings. The minimum Gasteiger partial charge on any atom is -0.265 e. The van der Waals surface area contributed by atoms with Crippen LogP contribution in [0.5, 0.6) is 0 Å². The van der Waals surface area contributed by atoms with E-state index in [0.717, 1.165) is 10.8 Å². The van der Waals surface area contributed by atoms with Gasteiger partial charge in [0.15, 0.2) is 7.80 Å². The van der Waals surface area contributed by atoms with Crippen molar-refractivity contribution in [2.75, 3.05) is 5.75 Å². The number of rotatable bonds is 0. The van der Waals surface area contributed by atoms with E-state index in [1.165, 1.54) is 0 Å². The summed E-state index contributed by atoms with van der Waals surface area (Å²) in [7, 11) is -1.39. The summed E-state index contributed by atoms with van der Waals surface area (Å²) in [6, 6.07) is 0. The molecule has 1 heterocycles. The fourth-order valence-corrected chi connectivity index (χ4v) is 3.53. The molecule has 0 radical (unpaired) electrons. The van der Waals surface area contributed by atoms with Crippen LogP contribution in [0.3, 0.4) is 0 Å². The van der Waals surface area contributed by atoms with Crippen LogP contribution in [-0.4, -0.2) is 16.1 Å². The molecule has 0 aromatic rings. The van der Waals surface area contributed by atoms with E-state index in [1.54, 1.807) is 0 Å². The Labute approximate surface area is 62.6 Å². The first-order chi connectivity index (χ1) is 4.14. The normalized spacial score (nSPS) is 42.3. The van der Waals surface area contributed by atoms with E-state index in [-0.39, 0.29) is 6.10 Å². The molecule has 0 aliphatic carbocycles. The second kappa shape index (κ2) is 2.46. The van der Waals surface area contributed by atoms with E-state index in [4.69, 9.17) is 10.6 Å². The quantitative estimate of drug-likeness (QED) is 0.396. The molecule has 1 saturated heterocycles. The minimum atomic E-state index is -2.50. The highest BCUT2D eigenvalue weighted by molar-refractivity contribution is 8.84. The molecule has 9 heavy (non-hydrogen) atoms. The van der Waals surface area contributed by atoms with Gasteiger partial charge in [-0.3, -0.25) is 4.18 Å². The Bertz CT molecular complexity index is 235. The Morgan fingerprint density at radius 1 is 2.00 bits per heavy atom. The zero-order chi connectivity index (χ0) is 6.91. The van der Waals surface area contributed by atoms with Crippen molar-refractivity contribution in [2.24, 2.45) is 0 Å². The summed E-state index contributed by atoms with van der Waals surface area (Å²) >= 11 is 4.52. The van der Waals surface area contributed by atoms with Crippen molar-refractivity contribution in [1.29, 1.82) is 0 Å². The lowest BCUT2D eigenvalue weighted by molar-refractivity contribution is 0.328. The highest BCUT2D eigenvalue weighted by atomic mass is 33.4. The first kappa shape index (κ1) is 7.35. The van der Waals surface area contributed by atoms with Crippen molar-refractivity contribution in [3.8, 4) is 12.3 Å². The highest BCUT2D eigenvalue weighted by Crippen LogP contribution is 2.26. The molecular formula is C4H4O2S3. The molecule has 50 valence electrons. The van der Waals surface area contributed by atoms with Gasteiger partial charge in [0.05, 0.1) is 0 Å². The monoisotopic (exact) mass is 180 g/mol. The van der Waals surface area contributed by atoms with Gasteiger partial charge in [-0.05, 0) is 10.8 Å². The van der Waals surface area contributed by atoms with Gasteiger partial charge < -0.3 is 0 Å². The third-order valence-corrected chi connectivity index (χ3v) is 4.59. The van der Waals surface area contributed by atoms with Crippen LogP contribution in [-0.2, 0) is 23.2 Å². The van der Waals surface area contributed by atoms with Gasteiger partial charge in [-0.15, -0.1) is 6.42 Å². The number of hydrogen-bond acceptors (Lipinski definition) is 4. The second-order valence-electron chi connectivity index (χ2n) is 1.44. The highest BCUT2D eigenvalue weighted by Gasteiger charge is 2.24. The molecular weight excluding hydrogens is 176 g/mol. The topological polar surface area (TPSA) is 26.3 Å². The molecule has 0 amide bonds. The molecule has 1 aliphatic rings. The van der Waals surface area contributed by atoms with E-state index >= 15 is 0 Å². The maximum atomic E-state index is 10.8. The van der Waals surface area contributed by atoms with Crippen molar-refractivity contribution >= 4 is 29.8 Å². The van der Waals surface area contributed by atoms with Crippen LogP contribution in [0, 0.1) is 12.3 Å². The Balaban J connectivity index is 2.72. The Hall–Kier alpha value is 0.240. The lowest BCUT2D eigenvalue weighted by Crippen LogP contribution is -2.04. The van der Waals surface area contributed by atoms with E-state index in [2.05, 4.69) is 17.1 Å². The van der Waals surface area contributed by atoms with Gasteiger partial charge in [-0.2, -0.15) is 0 Å². The largest absolute Gasteiger partial charge is 0.265 e. The predicted molar refractivity (Wildman–Crippen MR) is 41.7 cm³/mol. The van der Waals surface area contributed by atoms with Crippen LogP contribution in [0.2, 0.25) is 0 Å². The van der Waals surface area contributed by atoms with E-state index < -0.39 is 7.80 Å². The summed E-state index contributed by atoms with van der Waals surface area (Å²) in [5, 5.41) is 0. The van der Waals surface area contributed by atoms with E-state index in [9.17, 15) is 4.21 Å². The van der Waals surface area contributed by atoms with Crippen molar-refractivity contribution < 1.29 is 8.39 Å². The third kappa shape index (κ3) is 1.83. The summed E-state index contributed by atoms with van der Waals surface area (Å²) in [5.74, 6) is 2.89. The fraction of sp³-hybridized carbons (Fsp3) is 0.500. The average Bonchev–Trinajstić information content (AvgIpc) is 2.10. The van der Waals surface area contributed by atoms with Crippen molar-refractivity contribution in [3.05, 3.63) is 0 Å². The predicted octanol–water partition coefficient (Wildman–Crippen LogP) is 0.328. The second-order valence-corrected chi connectivity index (χ2v) is 7.00. The zero-order valence-corrected chi connectivity index (χ0v) is 6.85. The number of hydrogen-bond donors (Lipinski definition) is 0. The average molecular weight is 180 g/mol. The summed E-state index contributed by atoms with van der Waals surface area (Å²) in [4.78, 5) is 0. The van der Waals surface area contributed by atoms with Crippen molar-refractivity contribution in [2.45, 2.75) is 6.10 Å². The van der Waals surface area contributed by atoms with E-state index in [1.807, 2.05) is 0 Å². The first-order valence-electron chi connectivity index (χ1n) is 2.18. The third-order valence-electron chi connectivity index (χ3n) is 0.784. The van der Waals surface area contributed by atoms with Gasteiger partial charge in [0.25, 0.3) is 0 Å². The molecule has 2 unspecified atom stereocenters. The molecule has 0 N–H and O–H groups in total. The summed E-state index contributed by atoms with van der Waals surface area (Å²) in [6.07, 6.45) is 4.65. The van der Waals surface area contributed by atoms with Gasteiger partial charge in [0.1, 0.15) is 6.10 Å². The summed E-state index contributed by atoms with van der Waals surface area (Å²) in [6.45, 7) is 0. The molecule has 1 rings (SSSR count). The lowest BCUT2D eigenvalue weighted by Gasteiger charge is -1.94. The maximum Gasteiger partial charge on any atom is 0.199 e. The lowest BCUT2D eigenvalue weighted by atomic mass is 10.4. The van der Waals surface area contributed by atoms with Crippen molar-refractivity contribution in [1.82, 2.24) is 0 Å². The molecule has 0 saturated carbocycles. The van der Waals surface area contributed by atoms with Gasteiger partial charge >= 0.3 is 0 Å². The van der Waals surface area contributed by atoms with Crippen LogP contribution in [0.15, 0.2) is 0 Å². The number of terminal acetylenes is 1. The first-order valence-corrected chi connectivity index (χ1v) is 6.09. The van der Waals surface area contributed by atoms with Crippen LogP contribution >= 0.6 is 10.8 Å². The molecule has 0 aromatic carbocycles. The molecule has 5 heteroatoms. The molecule has 0 bridgehead atoms. The van der Waals surface area contributed by atoms with Crippen LogP contribution in [0.4, 0.5) is 0 Å². The SMILES string of the molecule is C#CC1CSS(=O)(=S)O1. The Morgan fingerprint density at radius 2 is 2.67 bits per heavy atom. The molecule has 1 aliphatic heterocycles. The van der Waals surface area contributed by atoms with Crippen molar-refractivity contribution in [3.63, 3.8) is 0 Å². The van der Waals surface area contributed by atoms with Gasteiger partial charge in [-0.1, -0.05) is 5.92 Å². The fourth-order valence-electron chi connectivity index (χ4n) is 0.419. The van der Waals surface area contributed by atoms with Crippen LogP contribution in [0.25, 0.3) is 0 Å². The molecule has 0 spiro atoms. The maximum absolute atomic E-state index is 10.8. The minimum absolute atomic E-state index is 0.347. The molecule has 0 aromatic heterocycles. The summed E-state index contributed by atoms with van der Waals surface area (Å²) < 4.78 is 15.6. The van der Waals surface area contributed by atoms with Gasteiger partial charge in [0, 0.05) is 16.9 Å². The smallest absolute Gasteiger partial charge is 0.199 e. The Morgan fingerprint density at radius 3 is 2.89 bits per heavy atom.